The van der Waals surface area contributed by atoms with E-state index >= 15 is 0 Å². The number of hydrogen-bond acceptors (Lipinski definition) is 1. The largest absolute Gasteiger partial charge is 0.463 e. The minimum absolute atomic E-state index is 0.537. The van der Waals surface area contributed by atoms with Crippen LogP contribution in [0.5, 0.6) is 0 Å². The highest BCUT2D eigenvalue weighted by Crippen LogP contribution is 2.58. The van der Waals surface area contributed by atoms with Crippen molar-refractivity contribution in [1.29, 1.82) is 0 Å². The van der Waals surface area contributed by atoms with Crippen molar-refractivity contribution in [1.82, 2.24) is 0 Å². The van der Waals surface area contributed by atoms with Gasteiger partial charge in [-0.1, -0.05) is 53.9 Å². The molecule has 0 spiro atoms. The molecule has 0 aromatic heterocycles. The van der Waals surface area contributed by atoms with Crippen LogP contribution in [0.25, 0.3) is 0 Å². The smallest absolute Gasteiger partial charge is 0.190 e. The highest BCUT2D eigenvalue weighted by molar-refractivity contribution is 6.81. The highest BCUT2D eigenvalue weighted by atomic mass is 28.4. The standard InChI is InChI=1S/C13H30OSi2/c1-11(2)16(14-15,12(3)4)13(5)9-7-6-8-10-13/h11-12H,6-10H2,1-5,15H3. The second kappa shape index (κ2) is 5.36. The molecule has 0 aromatic carbocycles. The van der Waals surface area contributed by atoms with Gasteiger partial charge in [-0.05, 0) is 29.0 Å². The maximum atomic E-state index is 6.38. The zero-order valence-corrected chi connectivity index (χ0v) is 15.1. The summed E-state index contributed by atoms with van der Waals surface area (Å²) in [4.78, 5) is 0. The maximum Gasteiger partial charge on any atom is 0.190 e. The lowest BCUT2D eigenvalue weighted by molar-refractivity contribution is 0.334. The highest BCUT2D eigenvalue weighted by Gasteiger charge is 2.54. The van der Waals surface area contributed by atoms with Gasteiger partial charge in [0.05, 0.1) is 0 Å². The van der Waals surface area contributed by atoms with Crippen LogP contribution < -0.4 is 0 Å². The van der Waals surface area contributed by atoms with E-state index in [4.69, 9.17) is 4.12 Å². The monoisotopic (exact) mass is 258 g/mol. The molecular weight excluding hydrogens is 228 g/mol. The molecule has 0 aliphatic heterocycles. The Morgan fingerprint density at radius 2 is 1.44 bits per heavy atom. The van der Waals surface area contributed by atoms with Gasteiger partial charge in [-0.2, -0.15) is 0 Å². The summed E-state index contributed by atoms with van der Waals surface area (Å²) in [6.07, 6.45) is 7.12. The average Bonchev–Trinajstić information content (AvgIpc) is 2.18. The first kappa shape index (κ1) is 14.5. The molecule has 0 aromatic rings. The molecule has 16 heavy (non-hydrogen) atoms. The summed E-state index contributed by atoms with van der Waals surface area (Å²) < 4.78 is 6.38. The van der Waals surface area contributed by atoms with Crippen molar-refractivity contribution < 1.29 is 4.12 Å². The molecule has 0 bridgehead atoms. The fraction of sp³-hybridized carbons (Fsp3) is 1.00. The van der Waals surface area contributed by atoms with Gasteiger partial charge in [-0.25, -0.2) is 0 Å². The molecule has 0 N–H and O–H groups in total. The SMILES string of the molecule is CC(C)[Si](O[SiH3])(C(C)C)C1(C)CCCCC1. The van der Waals surface area contributed by atoms with Crippen molar-refractivity contribution in [2.24, 2.45) is 0 Å². The third-order valence-electron chi connectivity index (χ3n) is 4.95. The van der Waals surface area contributed by atoms with Gasteiger partial charge in [0.1, 0.15) is 10.5 Å². The molecule has 0 atom stereocenters. The van der Waals surface area contributed by atoms with E-state index in [1.54, 1.807) is 0 Å². The normalized spacial score (nSPS) is 21.9. The minimum atomic E-state index is -1.59. The van der Waals surface area contributed by atoms with E-state index in [1.165, 1.54) is 32.1 Å². The van der Waals surface area contributed by atoms with Crippen LogP contribution in [0.2, 0.25) is 16.1 Å². The molecule has 1 nitrogen and oxygen atoms in total. The Labute approximate surface area is 106 Å². The summed E-state index contributed by atoms with van der Waals surface area (Å²) in [6.45, 7) is 12.2. The molecule has 1 saturated carbocycles. The fourth-order valence-electron chi connectivity index (χ4n) is 4.50. The molecule has 1 aliphatic carbocycles. The van der Waals surface area contributed by atoms with Gasteiger partial charge in [0.15, 0.2) is 8.32 Å². The first-order chi connectivity index (χ1) is 7.40. The van der Waals surface area contributed by atoms with Gasteiger partial charge in [-0.3, -0.25) is 0 Å². The summed E-state index contributed by atoms with van der Waals surface area (Å²) in [5.41, 5.74) is 1.51. The van der Waals surface area contributed by atoms with Gasteiger partial charge in [0.2, 0.25) is 0 Å². The first-order valence-corrected chi connectivity index (χ1v) is 9.84. The van der Waals surface area contributed by atoms with Crippen molar-refractivity contribution in [3.8, 4) is 0 Å². The molecule has 0 saturated heterocycles. The lowest BCUT2D eigenvalue weighted by atomic mass is 9.90. The summed E-state index contributed by atoms with van der Waals surface area (Å²) in [5.74, 6) is 0. The predicted octanol–water partition coefficient (Wildman–Crippen LogP) is 3.77. The van der Waals surface area contributed by atoms with E-state index in [2.05, 4.69) is 34.6 Å². The van der Waals surface area contributed by atoms with Crippen molar-refractivity contribution in [2.75, 3.05) is 0 Å². The predicted molar refractivity (Wildman–Crippen MR) is 78.4 cm³/mol. The molecule has 0 heterocycles. The van der Waals surface area contributed by atoms with Crippen LogP contribution >= 0.6 is 0 Å². The lowest BCUT2D eigenvalue weighted by Crippen LogP contribution is -2.55. The molecule has 1 aliphatic rings. The Morgan fingerprint density at radius 1 is 1.00 bits per heavy atom. The van der Waals surface area contributed by atoms with Crippen LogP contribution in [-0.4, -0.2) is 18.8 Å². The quantitative estimate of drug-likeness (QED) is 0.698. The van der Waals surface area contributed by atoms with Gasteiger partial charge >= 0.3 is 0 Å². The molecule has 1 rings (SSSR count). The second-order valence-corrected chi connectivity index (χ2v) is 13.2. The van der Waals surface area contributed by atoms with Crippen LogP contribution in [0.1, 0.15) is 66.7 Å². The van der Waals surface area contributed by atoms with Crippen molar-refractivity contribution in [2.45, 2.75) is 82.8 Å². The molecule has 0 amide bonds. The lowest BCUT2D eigenvalue weighted by Gasteiger charge is -2.53. The Hall–Kier alpha value is 0.394. The van der Waals surface area contributed by atoms with E-state index in [0.717, 1.165) is 21.6 Å². The molecule has 1 fully saturated rings. The maximum absolute atomic E-state index is 6.38. The second-order valence-electron chi connectivity index (χ2n) is 6.43. The minimum Gasteiger partial charge on any atom is -0.463 e. The van der Waals surface area contributed by atoms with Crippen LogP contribution in [0.4, 0.5) is 0 Å². The van der Waals surface area contributed by atoms with E-state index in [1.807, 2.05) is 0 Å². The van der Waals surface area contributed by atoms with Crippen LogP contribution in [0.15, 0.2) is 0 Å². The average molecular weight is 259 g/mol. The Morgan fingerprint density at radius 3 is 1.75 bits per heavy atom. The Kier molecular flexibility index (Phi) is 4.84. The van der Waals surface area contributed by atoms with E-state index < -0.39 is 8.32 Å². The van der Waals surface area contributed by atoms with Gasteiger partial charge in [0, 0.05) is 0 Å². The zero-order chi connectivity index (χ0) is 12.4. The summed E-state index contributed by atoms with van der Waals surface area (Å²) in [6, 6.07) is 0. The molecule has 96 valence electrons. The summed E-state index contributed by atoms with van der Waals surface area (Å²) >= 11 is 0. The van der Waals surface area contributed by atoms with Gasteiger partial charge in [-0.15, -0.1) is 0 Å². The number of rotatable bonds is 4. The van der Waals surface area contributed by atoms with Crippen LogP contribution in [0.3, 0.4) is 0 Å². The van der Waals surface area contributed by atoms with Crippen molar-refractivity contribution in [3.05, 3.63) is 0 Å². The summed E-state index contributed by atoms with van der Waals surface area (Å²) in [7, 11) is -0.666. The first-order valence-electron chi connectivity index (χ1n) is 6.96. The Bertz CT molecular complexity index is 212. The van der Waals surface area contributed by atoms with E-state index in [-0.39, 0.29) is 0 Å². The topological polar surface area (TPSA) is 9.23 Å². The van der Waals surface area contributed by atoms with E-state index in [9.17, 15) is 0 Å². The molecule has 3 heteroatoms. The van der Waals surface area contributed by atoms with Crippen LogP contribution in [-0.2, 0) is 4.12 Å². The third-order valence-corrected chi connectivity index (χ3v) is 13.5. The van der Waals surface area contributed by atoms with Crippen molar-refractivity contribution >= 4 is 18.8 Å². The molecular formula is C13H30OSi2. The van der Waals surface area contributed by atoms with Gasteiger partial charge < -0.3 is 4.12 Å². The Balaban J connectivity index is 3.07. The van der Waals surface area contributed by atoms with Crippen LogP contribution in [0, 0.1) is 0 Å². The number of hydrogen-bond donors (Lipinski definition) is 0. The fourth-order valence-corrected chi connectivity index (χ4v) is 15.5. The molecule has 0 radical (unpaired) electrons. The summed E-state index contributed by atoms with van der Waals surface area (Å²) in [5, 5.41) is 0.537. The van der Waals surface area contributed by atoms with Crippen molar-refractivity contribution in [3.63, 3.8) is 0 Å². The molecule has 0 unspecified atom stereocenters. The zero-order valence-electron chi connectivity index (χ0n) is 12.1. The van der Waals surface area contributed by atoms with Gasteiger partial charge in [0.25, 0.3) is 0 Å². The van der Waals surface area contributed by atoms with E-state index in [0.29, 0.717) is 5.04 Å². The third kappa shape index (κ3) is 2.18.